The molecule has 2 aromatic heterocycles. The van der Waals surface area contributed by atoms with Gasteiger partial charge in [-0.25, -0.2) is 4.79 Å². The number of thiazole rings is 1. The van der Waals surface area contributed by atoms with Crippen molar-refractivity contribution in [3.8, 4) is 11.6 Å². The maximum atomic E-state index is 12.5. The maximum Gasteiger partial charge on any atom is 0.424 e. The number of rotatable bonds is 20. The van der Waals surface area contributed by atoms with Crippen molar-refractivity contribution in [2.45, 2.75) is 110 Å². The van der Waals surface area contributed by atoms with E-state index >= 15 is 0 Å². The molecule has 0 spiro atoms. The van der Waals surface area contributed by atoms with Crippen molar-refractivity contribution < 1.29 is 19.4 Å². The van der Waals surface area contributed by atoms with Crippen molar-refractivity contribution in [3.05, 3.63) is 74.0 Å². The Morgan fingerprint density at radius 3 is 2.05 bits per heavy atom. The zero-order valence-electron chi connectivity index (χ0n) is 25.4. The maximum absolute atomic E-state index is 12.5. The van der Waals surface area contributed by atoms with E-state index in [0.29, 0.717) is 17.9 Å². The van der Waals surface area contributed by atoms with Crippen molar-refractivity contribution in [1.29, 1.82) is 0 Å². The van der Waals surface area contributed by atoms with Crippen LogP contribution in [0.25, 0.3) is 0 Å². The third-order valence-corrected chi connectivity index (χ3v) is 8.40. The molecule has 0 saturated carbocycles. The van der Waals surface area contributed by atoms with E-state index in [1.54, 1.807) is 0 Å². The van der Waals surface area contributed by atoms with Gasteiger partial charge in [0.1, 0.15) is 5.75 Å². The summed E-state index contributed by atoms with van der Waals surface area (Å²) in [5.74, 6) is 0.395. The molecular formula is C34H48N2O5S. The largest absolute Gasteiger partial charge is 0.493 e. The number of hydrogen-bond donors (Lipinski definition) is 1. The number of pyridine rings is 1. The topological polar surface area (TPSA) is 90.7 Å². The average Bonchev–Trinajstić information content (AvgIpc) is 3.28. The molecule has 0 amide bonds. The van der Waals surface area contributed by atoms with Gasteiger partial charge >= 0.3 is 11.0 Å². The Morgan fingerprint density at radius 1 is 0.833 bits per heavy atom. The fraction of sp³-hybridized carbons (Fsp3) is 0.559. The van der Waals surface area contributed by atoms with Gasteiger partial charge in [-0.1, -0.05) is 114 Å². The van der Waals surface area contributed by atoms with E-state index in [1.807, 2.05) is 36.5 Å². The molecule has 3 aromatic rings. The Hall–Kier alpha value is -3.13. The number of ether oxygens (including phenoxy) is 2. The first-order valence-corrected chi connectivity index (χ1v) is 16.6. The van der Waals surface area contributed by atoms with Crippen LogP contribution >= 0.6 is 11.3 Å². The summed E-state index contributed by atoms with van der Waals surface area (Å²) in [6.45, 7) is 5.12. The van der Waals surface area contributed by atoms with Crippen molar-refractivity contribution in [2.75, 3.05) is 13.2 Å². The second-order valence-electron chi connectivity index (χ2n) is 10.9. The van der Waals surface area contributed by atoms with Crippen LogP contribution in [-0.4, -0.2) is 34.0 Å². The van der Waals surface area contributed by atoms with Crippen LogP contribution in [0.15, 0.2) is 47.4 Å². The molecule has 0 saturated heterocycles. The van der Waals surface area contributed by atoms with Crippen LogP contribution in [-0.2, 0) is 24.0 Å². The molecule has 0 fully saturated rings. The van der Waals surface area contributed by atoms with Crippen molar-refractivity contribution in [1.82, 2.24) is 9.55 Å². The molecule has 0 aliphatic rings. The summed E-state index contributed by atoms with van der Waals surface area (Å²) >= 11 is 0.863. The van der Waals surface area contributed by atoms with Crippen molar-refractivity contribution in [2.24, 2.45) is 0 Å². The first-order valence-electron chi connectivity index (χ1n) is 15.8. The molecule has 8 heteroatoms. The number of benzene rings is 1. The second kappa shape index (κ2) is 19.1. The number of hydrogen-bond acceptors (Lipinski definition) is 7. The summed E-state index contributed by atoms with van der Waals surface area (Å²) in [6, 6.07) is 11.6. The molecule has 0 unspecified atom stereocenters. The van der Waals surface area contributed by atoms with Gasteiger partial charge in [0.25, 0.3) is 0 Å². The van der Waals surface area contributed by atoms with E-state index in [-0.39, 0.29) is 12.5 Å². The lowest BCUT2D eigenvalue weighted by molar-refractivity contribution is 0.142. The van der Waals surface area contributed by atoms with Crippen LogP contribution in [0, 0.1) is 0 Å². The number of unbranched alkanes of at least 4 members (excludes halogenated alkanes) is 11. The van der Waals surface area contributed by atoms with Gasteiger partial charge in [0.05, 0.1) is 18.1 Å². The third kappa shape index (κ3) is 11.6. The Bertz CT molecular complexity index is 1230. The van der Waals surface area contributed by atoms with E-state index in [1.165, 1.54) is 63.4 Å². The van der Waals surface area contributed by atoms with Gasteiger partial charge in [-0.15, -0.1) is 0 Å². The first kappa shape index (κ1) is 33.4. The van der Waals surface area contributed by atoms with E-state index in [4.69, 9.17) is 9.47 Å². The highest BCUT2D eigenvalue weighted by molar-refractivity contribution is 7.09. The fourth-order valence-corrected chi connectivity index (χ4v) is 5.71. The van der Waals surface area contributed by atoms with Gasteiger partial charge < -0.3 is 14.6 Å². The van der Waals surface area contributed by atoms with Crippen LogP contribution in [0.4, 0.5) is 4.79 Å². The van der Waals surface area contributed by atoms with Crippen molar-refractivity contribution >= 4 is 17.4 Å². The lowest BCUT2D eigenvalue weighted by Crippen LogP contribution is -2.23. The zero-order valence-corrected chi connectivity index (χ0v) is 26.3. The smallest absolute Gasteiger partial charge is 0.424 e. The van der Waals surface area contributed by atoms with Crippen LogP contribution in [0.3, 0.4) is 0 Å². The molecule has 0 aliphatic heterocycles. The molecule has 0 bridgehead atoms. The molecule has 0 atom stereocenters. The molecule has 3 rings (SSSR count). The predicted molar refractivity (Wildman–Crippen MR) is 170 cm³/mol. The zero-order chi connectivity index (χ0) is 30.0. The molecule has 0 aliphatic carbocycles. The van der Waals surface area contributed by atoms with Gasteiger partial charge in [-0.2, -0.15) is 4.57 Å². The Morgan fingerprint density at radius 2 is 1.45 bits per heavy atom. The third-order valence-electron chi connectivity index (χ3n) is 7.47. The minimum absolute atomic E-state index is 0.245. The highest BCUT2D eigenvalue weighted by atomic mass is 32.1. The standard InChI is InChI=1S/C34H48N2O5S/c1-3-5-6-7-8-9-10-11-12-13-14-15-23-41-33(38)36-32(37)31(42-34(36)39)25-28-17-20-30(21-18-28)40-24-22-29-19-16-27(4-2)26-35-29/h16-21,26,37H,3-15,22-25H2,1-2H3. The molecule has 2 heterocycles. The molecule has 1 aromatic carbocycles. The number of carbonyl (C=O) groups excluding carboxylic acids is 1. The molecule has 230 valence electrons. The highest BCUT2D eigenvalue weighted by Gasteiger charge is 2.21. The Labute approximate surface area is 254 Å². The Balaban J connectivity index is 1.33. The SMILES string of the molecule is CCCCCCCCCCCCCCOC(=O)n1c(O)c(Cc2ccc(OCCc3ccc(CC)cn3)cc2)sc1=O. The predicted octanol–water partition coefficient (Wildman–Crippen LogP) is 8.47. The summed E-state index contributed by atoms with van der Waals surface area (Å²) < 4.78 is 11.9. The number of aryl methyl sites for hydroxylation is 1. The second-order valence-corrected chi connectivity index (χ2v) is 11.9. The summed E-state index contributed by atoms with van der Waals surface area (Å²) in [4.78, 5) is 29.3. The summed E-state index contributed by atoms with van der Waals surface area (Å²) in [5, 5.41) is 10.6. The van der Waals surface area contributed by atoms with Crippen LogP contribution in [0.1, 0.15) is 113 Å². The van der Waals surface area contributed by atoms with Crippen molar-refractivity contribution in [3.63, 3.8) is 0 Å². The van der Waals surface area contributed by atoms with E-state index in [9.17, 15) is 14.7 Å². The van der Waals surface area contributed by atoms with Crippen LogP contribution in [0.5, 0.6) is 11.6 Å². The van der Waals surface area contributed by atoms with Crippen LogP contribution in [0.2, 0.25) is 0 Å². The lowest BCUT2D eigenvalue weighted by atomic mass is 10.1. The lowest BCUT2D eigenvalue weighted by Gasteiger charge is -2.08. The van der Waals surface area contributed by atoms with Crippen LogP contribution < -0.4 is 9.61 Å². The molecule has 42 heavy (non-hydrogen) atoms. The summed E-state index contributed by atoms with van der Waals surface area (Å²) in [6.07, 6.45) is 17.8. The molecule has 0 radical (unpaired) electrons. The normalized spacial score (nSPS) is 11.1. The van der Waals surface area contributed by atoms with Gasteiger partial charge in [-0.3, -0.25) is 9.78 Å². The fourth-order valence-electron chi connectivity index (χ4n) is 4.83. The minimum Gasteiger partial charge on any atom is -0.493 e. The number of aromatic nitrogens is 2. The van der Waals surface area contributed by atoms with Gasteiger partial charge in [0, 0.05) is 24.7 Å². The van der Waals surface area contributed by atoms with Gasteiger partial charge in [0.2, 0.25) is 5.88 Å². The summed E-state index contributed by atoms with van der Waals surface area (Å²) in [7, 11) is 0. The molecule has 1 N–H and O–H groups in total. The Kier molecular flexibility index (Phi) is 15.2. The molecular weight excluding hydrogens is 548 g/mol. The van der Waals surface area contributed by atoms with E-state index < -0.39 is 11.0 Å². The summed E-state index contributed by atoms with van der Waals surface area (Å²) in [5.41, 5.74) is 3.10. The number of carbonyl (C=O) groups is 1. The first-order chi connectivity index (χ1) is 20.5. The highest BCUT2D eigenvalue weighted by Crippen LogP contribution is 2.25. The van der Waals surface area contributed by atoms with E-state index in [0.717, 1.165) is 65.0 Å². The average molecular weight is 597 g/mol. The quantitative estimate of drug-likeness (QED) is 0.132. The minimum atomic E-state index is -0.814. The molecule has 7 nitrogen and oxygen atoms in total. The van der Waals surface area contributed by atoms with E-state index in [2.05, 4.69) is 24.9 Å². The van der Waals surface area contributed by atoms with Gasteiger partial charge in [-0.05, 0) is 42.2 Å². The monoisotopic (exact) mass is 596 g/mol. The number of aromatic hydroxyl groups is 1. The van der Waals surface area contributed by atoms with Gasteiger partial charge in [0.15, 0.2) is 0 Å². The number of nitrogens with zero attached hydrogens (tertiary/aromatic N) is 2.